The Morgan fingerprint density at radius 1 is 1.68 bits per heavy atom. The van der Waals surface area contributed by atoms with Crippen LogP contribution in [-0.2, 0) is 4.74 Å². The van der Waals surface area contributed by atoms with E-state index in [1.54, 1.807) is 11.8 Å². The molecule has 0 aromatic carbocycles. The third-order valence-electron chi connectivity index (χ3n) is 2.32. The molecule has 1 aliphatic heterocycles. The Labute approximate surface area is 112 Å². The highest BCUT2D eigenvalue weighted by molar-refractivity contribution is 7.98. The highest BCUT2D eigenvalue weighted by Gasteiger charge is 2.30. The molecule has 0 unspecified atom stereocenters. The quantitative estimate of drug-likeness (QED) is 0.464. The Morgan fingerprint density at radius 3 is 3.11 bits per heavy atom. The van der Waals surface area contributed by atoms with Gasteiger partial charge in [-0.1, -0.05) is 0 Å². The Kier molecular flexibility index (Phi) is 4.05. The van der Waals surface area contributed by atoms with Gasteiger partial charge in [-0.05, 0) is 12.3 Å². The average Bonchev–Trinajstić information content (AvgIpc) is 2.94. The molecule has 1 fully saturated rings. The lowest BCUT2D eigenvalue weighted by Gasteiger charge is -2.04. The van der Waals surface area contributed by atoms with Gasteiger partial charge in [0.25, 0.3) is 0 Å². The van der Waals surface area contributed by atoms with Crippen LogP contribution in [0.15, 0.2) is 21.7 Å². The first kappa shape index (κ1) is 13.4. The first-order valence-electron chi connectivity index (χ1n) is 5.35. The van der Waals surface area contributed by atoms with Crippen LogP contribution in [-0.4, -0.2) is 46.9 Å². The molecule has 1 amide bonds. The van der Waals surface area contributed by atoms with Crippen molar-refractivity contribution in [3.8, 4) is 0 Å². The number of thioether (sulfide) groups is 1. The number of cyclic esters (lactones) is 1. The van der Waals surface area contributed by atoms with Crippen LogP contribution in [0.1, 0.15) is 5.76 Å². The van der Waals surface area contributed by atoms with Crippen LogP contribution >= 0.6 is 11.8 Å². The number of hydrogen-bond acceptors (Lipinski definition) is 7. The molecule has 1 aliphatic rings. The third-order valence-corrected chi connectivity index (χ3v) is 3.03. The van der Waals surface area contributed by atoms with Crippen LogP contribution in [0.2, 0.25) is 0 Å². The normalized spacial score (nSPS) is 19.1. The van der Waals surface area contributed by atoms with Crippen LogP contribution in [0.5, 0.6) is 0 Å². The maximum absolute atomic E-state index is 11.4. The summed E-state index contributed by atoms with van der Waals surface area (Å²) in [6, 6.07) is 2.63. The molecule has 0 aliphatic carbocycles. The fraction of sp³-hybridized carbons (Fsp3) is 0.400. The van der Waals surface area contributed by atoms with Crippen LogP contribution in [0.3, 0.4) is 0 Å². The van der Waals surface area contributed by atoms with Gasteiger partial charge in [-0.3, -0.25) is 10.1 Å². The largest absolute Gasteiger partial charge is 0.442 e. The van der Waals surface area contributed by atoms with Crippen molar-refractivity contribution in [2.45, 2.75) is 6.10 Å². The second kappa shape index (κ2) is 5.74. The van der Waals surface area contributed by atoms with E-state index in [0.29, 0.717) is 12.3 Å². The van der Waals surface area contributed by atoms with Crippen LogP contribution in [0.4, 0.5) is 10.7 Å². The van der Waals surface area contributed by atoms with Gasteiger partial charge in [-0.2, -0.15) is 21.9 Å². The number of nitrogens with zero attached hydrogens (tertiary/aromatic N) is 3. The molecule has 0 saturated carbocycles. The van der Waals surface area contributed by atoms with E-state index in [0.717, 1.165) is 5.01 Å². The van der Waals surface area contributed by atoms with Gasteiger partial charge in [-0.25, -0.2) is 4.79 Å². The minimum Gasteiger partial charge on any atom is -0.442 e. The summed E-state index contributed by atoms with van der Waals surface area (Å²) in [7, 11) is 0. The fourth-order valence-corrected chi connectivity index (χ4v) is 2.06. The Morgan fingerprint density at radius 2 is 2.47 bits per heavy atom. The summed E-state index contributed by atoms with van der Waals surface area (Å²) >= 11 is 1.57. The zero-order valence-electron chi connectivity index (χ0n) is 10.0. The van der Waals surface area contributed by atoms with Gasteiger partial charge in [-0.15, -0.1) is 0 Å². The van der Waals surface area contributed by atoms with Gasteiger partial charge in [0.2, 0.25) is 0 Å². The number of carbonyl (C=O) groups is 1. The first-order valence-corrected chi connectivity index (χ1v) is 6.75. The number of ether oxygens (including phenoxy) is 1. The molecule has 102 valence electrons. The Hall–Kier alpha value is -2.03. The van der Waals surface area contributed by atoms with Crippen molar-refractivity contribution in [2.24, 2.45) is 5.10 Å². The number of carbonyl (C=O) groups excluding carboxylic acids is 1. The second-order valence-electron chi connectivity index (χ2n) is 3.72. The fourth-order valence-electron chi connectivity index (χ4n) is 1.51. The minimum atomic E-state index is -0.643. The van der Waals surface area contributed by atoms with E-state index >= 15 is 0 Å². The zero-order valence-corrected chi connectivity index (χ0v) is 10.8. The molecule has 0 bridgehead atoms. The monoisotopic (exact) mass is 285 g/mol. The lowest BCUT2D eigenvalue weighted by Crippen LogP contribution is -2.19. The van der Waals surface area contributed by atoms with E-state index in [2.05, 4.69) is 5.10 Å². The van der Waals surface area contributed by atoms with Gasteiger partial charge in [0.15, 0.2) is 5.76 Å². The Bertz CT molecular complexity index is 515. The predicted molar refractivity (Wildman–Crippen MR) is 68.3 cm³/mol. The topological polar surface area (TPSA) is 98.2 Å². The van der Waals surface area contributed by atoms with E-state index in [1.165, 1.54) is 18.3 Å². The van der Waals surface area contributed by atoms with Crippen LogP contribution in [0.25, 0.3) is 0 Å². The number of hydrogen-bond donors (Lipinski definition) is 0. The smallest absolute Gasteiger partial charge is 0.433 e. The highest BCUT2D eigenvalue weighted by atomic mass is 32.2. The molecule has 19 heavy (non-hydrogen) atoms. The van der Waals surface area contributed by atoms with Gasteiger partial charge >= 0.3 is 12.0 Å². The molecule has 9 heteroatoms. The molecule has 1 atom stereocenters. The first-order chi connectivity index (χ1) is 9.10. The standard InChI is InChI=1S/C10H11N3O5S/c1-19-6-8-5-12(10(14)18-8)11-4-7-2-3-9(17-7)13(15)16/h2-4,8H,5-6H2,1H3/t8-/m1/s1. The summed E-state index contributed by atoms with van der Waals surface area (Å²) < 4.78 is 9.94. The van der Waals surface area contributed by atoms with Crippen molar-refractivity contribution in [3.05, 3.63) is 28.0 Å². The van der Waals surface area contributed by atoms with E-state index < -0.39 is 11.0 Å². The molecular formula is C10H11N3O5S. The summed E-state index contributed by atoms with van der Waals surface area (Å²) in [6.07, 6.45) is 2.44. The van der Waals surface area contributed by atoms with Crippen molar-refractivity contribution >= 4 is 30.0 Å². The number of amides is 1. The van der Waals surface area contributed by atoms with Crippen molar-refractivity contribution in [2.75, 3.05) is 18.6 Å². The Balaban J connectivity index is 1.98. The van der Waals surface area contributed by atoms with Crippen molar-refractivity contribution in [1.82, 2.24) is 5.01 Å². The minimum absolute atomic E-state index is 0.189. The van der Waals surface area contributed by atoms with Crippen molar-refractivity contribution < 1.29 is 18.9 Å². The summed E-state index contributed by atoms with van der Waals surface area (Å²) in [6.45, 7) is 0.360. The van der Waals surface area contributed by atoms with Crippen LogP contribution < -0.4 is 0 Å². The molecule has 1 aromatic heterocycles. The average molecular weight is 285 g/mol. The van der Waals surface area contributed by atoms with Gasteiger partial charge in [0, 0.05) is 5.75 Å². The summed E-state index contributed by atoms with van der Waals surface area (Å²) in [5, 5.41) is 15.5. The van der Waals surface area contributed by atoms with Gasteiger partial charge < -0.3 is 9.15 Å². The maximum Gasteiger partial charge on any atom is 0.433 e. The number of rotatable bonds is 5. The van der Waals surface area contributed by atoms with Crippen LogP contribution in [0, 0.1) is 10.1 Å². The number of furan rings is 1. The number of hydrazone groups is 1. The molecule has 2 rings (SSSR count). The van der Waals surface area contributed by atoms with E-state index in [9.17, 15) is 14.9 Å². The van der Waals surface area contributed by atoms with Crippen molar-refractivity contribution in [1.29, 1.82) is 0 Å². The van der Waals surface area contributed by atoms with Crippen molar-refractivity contribution in [3.63, 3.8) is 0 Å². The zero-order chi connectivity index (χ0) is 13.8. The lowest BCUT2D eigenvalue weighted by atomic mass is 10.4. The molecule has 0 N–H and O–H groups in total. The van der Waals surface area contributed by atoms with E-state index in [4.69, 9.17) is 9.15 Å². The summed E-state index contributed by atoms with van der Waals surface area (Å²) in [4.78, 5) is 21.2. The van der Waals surface area contributed by atoms with E-state index in [1.807, 2.05) is 6.26 Å². The summed E-state index contributed by atoms with van der Waals surface area (Å²) in [5.74, 6) is 0.530. The molecule has 2 heterocycles. The summed E-state index contributed by atoms with van der Waals surface area (Å²) in [5.41, 5.74) is 0. The third kappa shape index (κ3) is 3.25. The molecule has 1 saturated heterocycles. The van der Waals surface area contributed by atoms with E-state index in [-0.39, 0.29) is 17.7 Å². The lowest BCUT2D eigenvalue weighted by molar-refractivity contribution is -0.402. The number of nitro groups is 1. The maximum atomic E-state index is 11.4. The molecule has 1 aromatic rings. The second-order valence-corrected chi connectivity index (χ2v) is 4.63. The molecule has 8 nitrogen and oxygen atoms in total. The molecular weight excluding hydrogens is 274 g/mol. The SMILES string of the molecule is CSC[C@H]1CN(N=Cc2ccc([N+](=O)[O-])o2)C(=O)O1. The molecule has 0 radical (unpaired) electrons. The predicted octanol–water partition coefficient (Wildman–Crippen LogP) is 1.71. The highest BCUT2D eigenvalue weighted by Crippen LogP contribution is 2.16. The van der Waals surface area contributed by atoms with Gasteiger partial charge in [0.1, 0.15) is 11.0 Å². The van der Waals surface area contributed by atoms with Gasteiger partial charge in [0.05, 0.1) is 18.8 Å². The molecule has 0 spiro atoms.